The summed E-state index contributed by atoms with van der Waals surface area (Å²) in [6, 6.07) is 13.9. The van der Waals surface area contributed by atoms with E-state index in [1.165, 1.54) is 13.2 Å². The molecule has 0 aliphatic heterocycles. The highest BCUT2D eigenvalue weighted by molar-refractivity contribution is 6.03. The van der Waals surface area contributed by atoms with Crippen molar-refractivity contribution in [3.63, 3.8) is 0 Å². The van der Waals surface area contributed by atoms with Gasteiger partial charge in [-0.15, -0.1) is 0 Å². The standard InChI is InChI=1S/C18H15NO4/c1-22-12-5-3-11(4-6-12)17-10-15(18(20)21)14-9-13(23-2)7-8-16(14)19-17/h3-10H,1-2H3,(H,20,21)/p-1. The Labute approximate surface area is 133 Å². The fraction of sp³-hybridized carbons (Fsp3) is 0.111. The van der Waals surface area contributed by atoms with Gasteiger partial charge < -0.3 is 19.4 Å². The minimum absolute atomic E-state index is 0.0831. The third kappa shape index (κ3) is 2.81. The van der Waals surface area contributed by atoms with Gasteiger partial charge in [-0.2, -0.15) is 0 Å². The predicted molar refractivity (Wildman–Crippen MR) is 84.6 cm³/mol. The zero-order chi connectivity index (χ0) is 16.4. The van der Waals surface area contributed by atoms with E-state index in [1.54, 1.807) is 37.4 Å². The van der Waals surface area contributed by atoms with Crippen molar-refractivity contribution in [3.05, 3.63) is 54.1 Å². The zero-order valence-corrected chi connectivity index (χ0v) is 12.7. The van der Waals surface area contributed by atoms with Crippen LogP contribution in [0.2, 0.25) is 0 Å². The van der Waals surface area contributed by atoms with Crippen LogP contribution in [-0.4, -0.2) is 25.2 Å². The summed E-state index contributed by atoms with van der Waals surface area (Å²) in [7, 11) is 3.11. The first-order chi connectivity index (χ1) is 11.1. The van der Waals surface area contributed by atoms with Gasteiger partial charge in [0.1, 0.15) is 11.5 Å². The number of carbonyl (C=O) groups is 1. The fourth-order valence-corrected chi connectivity index (χ4v) is 2.41. The van der Waals surface area contributed by atoms with Crippen molar-refractivity contribution in [2.75, 3.05) is 14.2 Å². The minimum Gasteiger partial charge on any atom is -0.545 e. The monoisotopic (exact) mass is 308 g/mol. The number of ether oxygens (including phenoxy) is 2. The average molecular weight is 308 g/mol. The number of pyridine rings is 1. The highest BCUT2D eigenvalue weighted by Gasteiger charge is 2.10. The van der Waals surface area contributed by atoms with Gasteiger partial charge in [0.25, 0.3) is 0 Å². The molecule has 0 amide bonds. The molecule has 0 bridgehead atoms. The van der Waals surface area contributed by atoms with Crippen molar-refractivity contribution >= 4 is 16.9 Å². The molecule has 0 aliphatic carbocycles. The quantitative estimate of drug-likeness (QED) is 0.739. The van der Waals surface area contributed by atoms with Gasteiger partial charge in [-0.3, -0.25) is 0 Å². The highest BCUT2D eigenvalue weighted by Crippen LogP contribution is 2.28. The second-order valence-corrected chi connectivity index (χ2v) is 4.95. The molecule has 0 aliphatic rings. The van der Waals surface area contributed by atoms with E-state index >= 15 is 0 Å². The molecular weight excluding hydrogens is 294 g/mol. The number of hydrogen-bond donors (Lipinski definition) is 0. The van der Waals surface area contributed by atoms with Crippen molar-refractivity contribution in [1.29, 1.82) is 0 Å². The Morgan fingerprint density at radius 1 is 0.957 bits per heavy atom. The van der Waals surface area contributed by atoms with Crippen LogP contribution < -0.4 is 14.6 Å². The molecule has 116 valence electrons. The molecule has 1 aromatic heterocycles. The minimum atomic E-state index is -1.25. The summed E-state index contributed by atoms with van der Waals surface area (Å²) in [6.07, 6.45) is 0. The number of fused-ring (bicyclic) bond motifs is 1. The Hall–Kier alpha value is -3.08. The van der Waals surface area contributed by atoms with Gasteiger partial charge in [0.05, 0.1) is 31.4 Å². The Balaban J connectivity index is 2.20. The number of rotatable bonds is 4. The number of methoxy groups -OCH3 is 2. The van der Waals surface area contributed by atoms with E-state index in [1.807, 2.05) is 12.1 Å². The van der Waals surface area contributed by atoms with E-state index in [9.17, 15) is 9.90 Å². The van der Waals surface area contributed by atoms with E-state index in [-0.39, 0.29) is 5.56 Å². The van der Waals surface area contributed by atoms with Crippen LogP contribution in [0.5, 0.6) is 11.5 Å². The van der Waals surface area contributed by atoms with Crippen LogP contribution in [0.15, 0.2) is 48.5 Å². The molecule has 0 fully saturated rings. The number of aromatic carboxylic acids is 1. The number of aromatic nitrogens is 1. The first-order valence-corrected chi connectivity index (χ1v) is 6.97. The van der Waals surface area contributed by atoms with E-state index in [0.29, 0.717) is 22.3 Å². The van der Waals surface area contributed by atoms with Gasteiger partial charge in [-0.05, 0) is 48.5 Å². The number of hydrogen-bond acceptors (Lipinski definition) is 5. The lowest BCUT2D eigenvalue weighted by Gasteiger charge is -2.12. The summed E-state index contributed by atoms with van der Waals surface area (Å²) in [5.74, 6) is 0.0406. The van der Waals surface area contributed by atoms with Crippen LogP contribution in [0.3, 0.4) is 0 Å². The van der Waals surface area contributed by atoms with Crippen molar-refractivity contribution in [2.24, 2.45) is 0 Å². The molecule has 23 heavy (non-hydrogen) atoms. The second kappa shape index (κ2) is 5.96. The normalized spacial score (nSPS) is 10.5. The van der Waals surface area contributed by atoms with Crippen LogP contribution in [0.1, 0.15) is 10.4 Å². The third-order valence-corrected chi connectivity index (χ3v) is 3.62. The predicted octanol–water partition coefficient (Wildman–Crippen LogP) is 2.28. The average Bonchev–Trinajstić information content (AvgIpc) is 2.60. The summed E-state index contributed by atoms with van der Waals surface area (Å²) in [5, 5.41) is 12.0. The topological polar surface area (TPSA) is 71.5 Å². The van der Waals surface area contributed by atoms with Gasteiger partial charge in [0.2, 0.25) is 0 Å². The zero-order valence-electron chi connectivity index (χ0n) is 12.7. The molecule has 0 saturated carbocycles. The summed E-state index contributed by atoms with van der Waals surface area (Å²) in [5.41, 5.74) is 2.01. The SMILES string of the molecule is COc1ccc(-c2cc(C(=O)[O-])c3cc(OC)ccc3n2)cc1. The number of carboxylic acids is 1. The van der Waals surface area contributed by atoms with Crippen LogP contribution in [0.4, 0.5) is 0 Å². The first kappa shape index (κ1) is 14.8. The molecule has 2 aromatic carbocycles. The van der Waals surface area contributed by atoms with Crippen LogP contribution in [0, 0.1) is 0 Å². The summed E-state index contributed by atoms with van der Waals surface area (Å²) in [6.45, 7) is 0. The van der Waals surface area contributed by atoms with Gasteiger partial charge in [-0.1, -0.05) is 0 Å². The molecular formula is C18H14NO4-. The van der Waals surface area contributed by atoms with Gasteiger partial charge >= 0.3 is 0 Å². The molecule has 0 saturated heterocycles. The highest BCUT2D eigenvalue weighted by atomic mass is 16.5. The Bertz CT molecular complexity index is 872. The molecule has 5 nitrogen and oxygen atoms in total. The second-order valence-electron chi connectivity index (χ2n) is 4.95. The first-order valence-electron chi connectivity index (χ1n) is 6.97. The largest absolute Gasteiger partial charge is 0.545 e. The summed E-state index contributed by atoms with van der Waals surface area (Å²) < 4.78 is 10.3. The molecule has 0 spiro atoms. The molecule has 0 atom stereocenters. The van der Waals surface area contributed by atoms with E-state index in [4.69, 9.17) is 9.47 Å². The van der Waals surface area contributed by atoms with E-state index in [0.717, 1.165) is 11.3 Å². The van der Waals surface area contributed by atoms with Crippen LogP contribution in [0.25, 0.3) is 22.2 Å². The van der Waals surface area contributed by atoms with Gasteiger partial charge in [-0.25, -0.2) is 4.98 Å². The number of nitrogens with zero attached hydrogens (tertiary/aromatic N) is 1. The maximum Gasteiger partial charge on any atom is 0.119 e. The maximum absolute atomic E-state index is 11.5. The van der Waals surface area contributed by atoms with Crippen molar-refractivity contribution in [3.8, 4) is 22.8 Å². The number of carboxylic acid groups (broad SMARTS) is 1. The lowest BCUT2D eigenvalue weighted by Crippen LogP contribution is -2.22. The van der Waals surface area contributed by atoms with E-state index < -0.39 is 5.97 Å². The van der Waals surface area contributed by atoms with Crippen molar-refractivity contribution < 1.29 is 19.4 Å². The van der Waals surface area contributed by atoms with Gasteiger partial charge in [0, 0.05) is 16.5 Å². The Morgan fingerprint density at radius 3 is 2.22 bits per heavy atom. The number of carbonyl (C=O) groups excluding carboxylic acids is 1. The van der Waals surface area contributed by atoms with Gasteiger partial charge in [0.15, 0.2) is 0 Å². The Kier molecular flexibility index (Phi) is 3.85. The lowest BCUT2D eigenvalue weighted by molar-refractivity contribution is -0.254. The molecule has 3 aromatic rings. The van der Waals surface area contributed by atoms with Crippen LogP contribution in [-0.2, 0) is 0 Å². The smallest absolute Gasteiger partial charge is 0.119 e. The van der Waals surface area contributed by atoms with E-state index in [2.05, 4.69) is 4.98 Å². The molecule has 0 N–H and O–H groups in total. The Morgan fingerprint density at radius 2 is 1.61 bits per heavy atom. The number of benzene rings is 2. The third-order valence-electron chi connectivity index (χ3n) is 3.62. The molecule has 5 heteroatoms. The van der Waals surface area contributed by atoms with Crippen molar-refractivity contribution in [1.82, 2.24) is 4.98 Å². The van der Waals surface area contributed by atoms with Crippen LogP contribution >= 0.6 is 0 Å². The fourth-order valence-electron chi connectivity index (χ4n) is 2.41. The summed E-state index contributed by atoms with van der Waals surface area (Å²) in [4.78, 5) is 16.0. The maximum atomic E-state index is 11.5. The van der Waals surface area contributed by atoms with Crippen molar-refractivity contribution in [2.45, 2.75) is 0 Å². The lowest BCUT2D eigenvalue weighted by atomic mass is 10.0. The summed E-state index contributed by atoms with van der Waals surface area (Å²) >= 11 is 0. The molecule has 0 radical (unpaired) electrons. The molecule has 0 unspecified atom stereocenters. The molecule has 1 heterocycles. The molecule has 3 rings (SSSR count).